The summed E-state index contributed by atoms with van der Waals surface area (Å²) < 4.78 is 33.2. The number of carbonyl (C=O) groups is 2. The number of hydrogen-bond donors (Lipinski definition) is 2. The molecule has 0 saturated heterocycles. The molecule has 8 nitrogen and oxygen atoms in total. The molecule has 2 aromatic carbocycles. The van der Waals surface area contributed by atoms with E-state index in [4.69, 9.17) is 4.74 Å². The molecule has 0 heterocycles. The maximum atomic E-state index is 13.5. The van der Waals surface area contributed by atoms with E-state index >= 15 is 0 Å². The minimum Gasteiger partial charge on any atom is -0.497 e. The van der Waals surface area contributed by atoms with Crippen molar-refractivity contribution in [2.45, 2.75) is 50.0 Å². The molecule has 0 aromatic heterocycles. The summed E-state index contributed by atoms with van der Waals surface area (Å²) in [5, 5.41) is 5.59. The van der Waals surface area contributed by atoms with Crippen molar-refractivity contribution in [2.24, 2.45) is 0 Å². The van der Waals surface area contributed by atoms with Gasteiger partial charge in [0.15, 0.2) is 0 Å². The fraction of sp³-hybridized carbons (Fsp3) is 0.391. The summed E-state index contributed by atoms with van der Waals surface area (Å²) in [6.07, 6.45) is 5.10. The number of benzene rings is 2. The van der Waals surface area contributed by atoms with Crippen LogP contribution in [0, 0.1) is 0 Å². The molecule has 3 rings (SSSR count). The third kappa shape index (κ3) is 6.00. The fourth-order valence-electron chi connectivity index (χ4n) is 3.75. The largest absolute Gasteiger partial charge is 0.497 e. The van der Waals surface area contributed by atoms with Gasteiger partial charge in [-0.05, 0) is 61.4 Å². The lowest BCUT2D eigenvalue weighted by Crippen LogP contribution is -2.44. The van der Waals surface area contributed by atoms with Crippen molar-refractivity contribution in [1.29, 1.82) is 0 Å². The highest BCUT2D eigenvalue weighted by Gasteiger charge is 2.28. The van der Waals surface area contributed by atoms with Gasteiger partial charge in [-0.1, -0.05) is 19.3 Å². The molecule has 1 aliphatic rings. The standard InChI is InChI=1S/C23H29N3O5S/c1-17(27)24-19-8-14-22(15-9-19)32(29,30)26(20-10-12-21(31-2)13-11-20)16-23(28)25-18-6-4-3-5-7-18/h8-15,18H,3-7,16H2,1-2H3,(H,24,27)(H,25,28). The molecule has 0 bridgehead atoms. The number of carbonyl (C=O) groups excluding carboxylic acids is 2. The molecule has 1 fully saturated rings. The second kappa shape index (κ2) is 10.5. The number of hydrogen-bond acceptors (Lipinski definition) is 5. The maximum absolute atomic E-state index is 13.5. The van der Waals surface area contributed by atoms with Crippen LogP contribution in [0.4, 0.5) is 11.4 Å². The number of anilines is 2. The molecule has 172 valence electrons. The second-order valence-corrected chi connectivity index (χ2v) is 9.68. The Morgan fingerprint density at radius 1 is 1.00 bits per heavy atom. The van der Waals surface area contributed by atoms with Gasteiger partial charge in [0.1, 0.15) is 12.3 Å². The minimum absolute atomic E-state index is 0.0212. The van der Waals surface area contributed by atoms with E-state index in [9.17, 15) is 18.0 Å². The summed E-state index contributed by atoms with van der Waals surface area (Å²) in [5.74, 6) is -0.0107. The Labute approximate surface area is 189 Å². The van der Waals surface area contributed by atoms with E-state index in [-0.39, 0.29) is 29.3 Å². The third-order valence-corrected chi connectivity index (χ3v) is 7.17. The first-order valence-electron chi connectivity index (χ1n) is 10.6. The maximum Gasteiger partial charge on any atom is 0.264 e. The van der Waals surface area contributed by atoms with Gasteiger partial charge in [0.05, 0.1) is 17.7 Å². The van der Waals surface area contributed by atoms with Gasteiger partial charge in [-0.25, -0.2) is 8.42 Å². The summed E-state index contributed by atoms with van der Waals surface area (Å²) in [7, 11) is -2.51. The Bertz CT molecular complexity index is 1030. The lowest BCUT2D eigenvalue weighted by Gasteiger charge is -2.27. The van der Waals surface area contributed by atoms with Crippen LogP contribution in [0.2, 0.25) is 0 Å². The number of nitrogens with one attached hydrogen (secondary N) is 2. The molecule has 0 radical (unpaired) electrons. The van der Waals surface area contributed by atoms with Gasteiger partial charge in [0.2, 0.25) is 11.8 Å². The monoisotopic (exact) mass is 459 g/mol. The van der Waals surface area contributed by atoms with Crippen LogP contribution in [0.5, 0.6) is 5.75 Å². The number of sulfonamides is 1. The summed E-state index contributed by atoms with van der Waals surface area (Å²) in [6.45, 7) is 1.04. The van der Waals surface area contributed by atoms with Crippen molar-refractivity contribution in [2.75, 3.05) is 23.3 Å². The quantitative estimate of drug-likeness (QED) is 0.630. The fourth-order valence-corrected chi connectivity index (χ4v) is 5.18. The topological polar surface area (TPSA) is 105 Å². The highest BCUT2D eigenvalue weighted by atomic mass is 32.2. The van der Waals surface area contributed by atoms with Crippen LogP contribution in [-0.4, -0.2) is 39.9 Å². The lowest BCUT2D eigenvalue weighted by atomic mass is 9.95. The van der Waals surface area contributed by atoms with Crippen LogP contribution in [-0.2, 0) is 19.6 Å². The van der Waals surface area contributed by atoms with Crippen LogP contribution in [0.1, 0.15) is 39.0 Å². The van der Waals surface area contributed by atoms with Crippen molar-refractivity contribution in [3.05, 3.63) is 48.5 Å². The smallest absolute Gasteiger partial charge is 0.264 e. The molecular weight excluding hydrogens is 430 g/mol. The molecular formula is C23H29N3O5S. The number of methoxy groups -OCH3 is 1. The van der Waals surface area contributed by atoms with Crippen LogP contribution < -0.4 is 19.7 Å². The lowest BCUT2D eigenvalue weighted by molar-refractivity contribution is -0.120. The molecule has 2 amide bonds. The third-order valence-electron chi connectivity index (χ3n) is 5.38. The molecule has 1 saturated carbocycles. The SMILES string of the molecule is COc1ccc(N(CC(=O)NC2CCCCC2)S(=O)(=O)c2ccc(NC(C)=O)cc2)cc1. The zero-order valence-corrected chi connectivity index (χ0v) is 19.2. The summed E-state index contributed by atoms with van der Waals surface area (Å²) in [6, 6.07) is 12.4. The Morgan fingerprint density at radius 3 is 2.19 bits per heavy atom. The van der Waals surface area contributed by atoms with E-state index < -0.39 is 10.0 Å². The van der Waals surface area contributed by atoms with Crippen LogP contribution in [0.3, 0.4) is 0 Å². The van der Waals surface area contributed by atoms with Crippen molar-refractivity contribution in [1.82, 2.24) is 5.32 Å². The van der Waals surface area contributed by atoms with Crippen molar-refractivity contribution in [3.63, 3.8) is 0 Å². The van der Waals surface area contributed by atoms with Crippen LogP contribution in [0.25, 0.3) is 0 Å². The minimum atomic E-state index is -4.04. The van der Waals surface area contributed by atoms with Crippen molar-refractivity contribution >= 4 is 33.2 Å². The van der Waals surface area contributed by atoms with Gasteiger partial charge < -0.3 is 15.4 Å². The van der Waals surface area contributed by atoms with Gasteiger partial charge in [0, 0.05) is 18.7 Å². The first-order chi connectivity index (χ1) is 15.3. The Kier molecular flexibility index (Phi) is 7.74. The molecule has 2 N–H and O–H groups in total. The van der Waals surface area contributed by atoms with Crippen molar-refractivity contribution < 1.29 is 22.7 Å². The second-order valence-electron chi connectivity index (χ2n) is 7.82. The Hall–Kier alpha value is -3.07. The van der Waals surface area contributed by atoms with Gasteiger partial charge in [-0.2, -0.15) is 0 Å². The normalized spacial score (nSPS) is 14.4. The highest BCUT2D eigenvalue weighted by Crippen LogP contribution is 2.27. The zero-order valence-electron chi connectivity index (χ0n) is 18.3. The van der Waals surface area contributed by atoms with Crippen LogP contribution >= 0.6 is 0 Å². The number of nitrogens with zero attached hydrogens (tertiary/aromatic N) is 1. The molecule has 0 aliphatic heterocycles. The van der Waals surface area contributed by atoms with E-state index in [0.29, 0.717) is 17.1 Å². The molecule has 0 atom stereocenters. The molecule has 0 spiro atoms. The molecule has 32 heavy (non-hydrogen) atoms. The molecule has 9 heteroatoms. The zero-order chi connectivity index (χ0) is 23.1. The van der Waals surface area contributed by atoms with Gasteiger partial charge in [0.25, 0.3) is 10.0 Å². The number of ether oxygens (including phenoxy) is 1. The number of amides is 2. The van der Waals surface area contributed by atoms with Gasteiger partial charge >= 0.3 is 0 Å². The molecule has 0 unspecified atom stereocenters. The van der Waals surface area contributed by atoms with Gasteiger partial charge in [-0.3, -0.25) is 13.9 Å². The first kappa shape index (κ1) is 23.6. The van der Waals surface area contributed by atoms with E-state index in [0.717, 1.165) is 36.4 Å². The highest BCUT2D eigenvalue weighted by molar-refractivity contribution is 7.92. The van der Waals surface area contributed by atoms with Crippen LogP contribution in [0.15, 0.2) is 53.4 Å². The Balaban J connectivity index is 1.87. The van der Waals surface area contributed by atoms with Gasteiger partial charge in [-0.15, -0.1) is 0 Å². The number of rotatable bonds is 8. The summed E-state index contributed by atoms with van der Waals surface area (Å²) >= 11 is 0. The average Bonchev–Trinajstić information content (AvgIpc) is 2.78. The molecule has 1 aliphatic carbocycles. The first-order valence-corrected chi connectivity index (χ1v) is 12.1. The van der Waals surface area contributed by atoms with E-state index in [1.165, 1.54) is 38.3 Å². The average molecular weight is 460 g/mol. The Morgan fingerprint density at radius 2 is 1.62 bits per heavy atom. The van der Waals surface area contributed by atoms with Crippen molar-refractivity contribution in [3.8, 4) is 5.75 Å². The predicted molar refractivity (Wildman–Crippen MR) is 123 cm³/mol. The summed E-state index contributed by atoms with van der Waals surface area (Å²) in [4.78, 5) is 24.0. The van der Waals surface area contributed by atoms with E-state index in [1.54, 1.807) is 24.3 Å². The molecule has 2 aromatic rings. The van der Waals surface area contributed by atoms with E-state index in [2.05, 4.69) is 10.6 Å². The van der Waals surface area contributed by atoms with E-state index in [1.807, 2.05) is 0 Å². The summed E-state index contributed by atoms with van der Waals surface area (Å²) in [5.41, 5.74) is 0.845. The predicted octanol–water partition coefficient (Wildman–Crippen LogP) is 3.30.